The molecule has 0 saturated heterocycles. The molecule has 0 radical (unpaired) electrons. The molecule has 33 heavy (non-hydrogen) atoms. The summed E-state index contributed by atoms with van der Waals surface area (Å²) in [4.78, 5) is 23.4. The standard InChI is InChI=1S/C23H33FN2.C2H4O.CH3NO.CH4/c1-7-12-26(8-2)13-11-21-18(5)23(25-19(21)6)14-17(4)22-15-20(24)10-9-16(22)3;1-2-3;2-1-3;/h9-10,14-15,25H,7-8,11-13H2,1-6H3;2H,1H3;1H,(H2,2,3);1H4/b17-14+;;;. The molecule has 186 valence electrons. The number of nitrogens with one attached hydrogen (secondary N) is 1. The summed E-state index contributed by atoms with van der Waals surface area (Å²) in [6.07, 6.45) is 5.41. The molecular weight excluding hydrogens is 417 g/mol. The van der Waals surface area contributed by atoms with Crippen LogP contribution in [0.2, 0.25) is 0 Å². The summed E-state index contributed by atoms with van der Waals surface area (Å²) in [5.41, 5.74) is 12.4. The molecule has 1 heterocycles. The van der Waals surface area contributed by atoms with E-state index in [1.165, 1.54) is 36.2 Å². The molecular formula is C27H44FN3O2. The number of carbonyl (C=O) groups is 2. The summed E-state index contributed by atoms with van der Waals surface area (Å²) in [6, 6.07) is 4.98. The van der Waals surface area contributed by atoms with Crippen LogP contribution in [-0.2, 0) is 16.0 Å². The fourth-order valence-corrected chi connectivity index (χ4v) is 3.66. The Morgan fingerprint density at radius 3 is 2.24 bits per heavy atom. The molecule has 6 heteroatoms. The number of benzene rings is 1. The minimum absolute atomic E-state index is 0. The zero-order chi connectivity index (χ0) is 24.7. The van der Waals surface area contributed by atoms with Crippen molar-refractivity contribution in [2.24, 2.45) is 5.73 Å². The third kappa shape index (κ3) is 11.1. The van der Waals surface area contributed by atoms with Crippen LogP contribution in [0.1, 0.15) is 75.2 Å². The molecule has 5 nitrogen and oxygen atoms in total. The second-order valence-corrected chi connectivity index (χ2v) is 7.61. The second-order valence-electron chi connectivity index (χ2n) is 7.61. The molecule has 0 saturated carbocycles. The highest BCUT2D eigenvalue weighted by Crippen LogP contribution is 2.26. The van der Waals surface area contributed by atoms with Gasteiger partial charge in [-0.1, -0.05) is 27.3 Å². The van der Waals surface area contributed by atoms with E-state index in [4.69, 9.17) is 9.59 Å². The largest absolute Gasteiger partial charge is 0.372 e. The van der Waals surface area contributed by atoms with Crippen LogP contribution in [0.4, 0.5) is 4.39 Å². The number of hydrogen-bond acceptors (Lipinski definition) is 3. The zero-order valence-corrected chi connectivity index (χ0v) is 20.7. The maximum Gasteiger partial charge on any atom is 0.204 e. The van der Waals surface area contributed by atoms with E-state index in [2.05, 4.69) is 56.3 Å². The van der Waals surface area contributed by atoms with Gasteiger partial charge in [-0.05, 0) is 107 Å². The van der Waals surface area contributed by atoms with Crippen molar-refractivity contribution in [3.05, 3.63) is 57.7 Å². The summed E-state index contributed by atoms with van der Waals surface area (Å²) >= 11 is 0. The molecule has 1 amide bonds. The third-order valence-corrected chi connectivity index (χ3v) is 5.28. The van der Waals surface area contributed by atoms with Gasteiger partial charge in [0.1, 0.15) is 12.1 Å². The van der Waals surface area contributed by atoms with Gasteiger partial charge in [-0.15, -0.1) is 0 Å². The molecule has 0 aliphatic carbocycles. The average Bonchev–Trinajstić information content (AvgIpc) is 3.00. The molecule has 0 aliphatic rings. The fraction of sp³-hybridized carbons (Fsp3) is 0.481. The van der Waals surface area contributed by atoms with Crippen LogP contribution in [-0.4, -0.2) is 42.2 Å². The predicted molar refractivity (Wildman–Crippen MR) is 140 cm³/mol. The molecule has 2 rings (SSSR count). The minimum Gasteiger partial charge on any atom is -0.372 e. The van der Waals surface area contributed by atoms with E-state index < -0.39 is 0 Å². The van der Waals surface area contributed by atoms with E-state index in [0.29, 0.717) is 0 Å². The summed E-state index contributed by atoms with van der Waals surface area (Å²) in [5, 5.41) is 0. The molecule has 0 bridgehead atoms. The smallest absolute Gasteiger partial charge is 0.204 e. The van der Waals surface area contributed by atoms with Crippen LogP contribution in [0.25, 0.3) is 11.6 Å². The second kappa shape index (κ2) is 17.8. The number of carbonyl (C=O) groups excluding carboxylic acids is 2. The number of primary amides is 1. The molecule has 1 aromatic heterocycles. The first-order valence-electron chi connectivity index (χ1n) is 11.1. The van der Waals surface area contributed by atoms with Crippen molar-refractivity contribution in [2.45, 2.75) is 68.7 Å². The monoisotopic (exact) mass is 461 g/mol. The van der Waals surface area contributed by atoms with Gasteiger partial charge in [-0.2, -0.15) is 0 Å². The summed E-state index contributed by atoms with van der Waals surface area (Å²) in [5.74, 6) is -0.186. The Bertz CT molecular complexity index is 866. The van der Waals surface area contributed by atoms with Crippen LogP contribution in [0, 0.1) is 26.6 Å². The van der Waals surface area contributed by atoms with Gasteiger partial charge in [0.15, 0.2) is 0 Å². The Kier molecular flexibility index (Phi) is 17.5. The van der Waals surface area contributed by atoms with E-state index in [-0.39, 0.29) is 19.7 Å². The number of aryl methyl sites for hydroxylation is 2. The van der Waals surface area contributed by atoms with Gasteiger partial charge in [0.05, 0.1) is 0 Å². The lowest BCUT2D eigenvalue weighted by Gasteiger charge is -2.19. The predicted octanol–water partition coefficient (Wildman–Crippen LogP) is 5.86. The normalized spacial score (nSPS) is 10.4. The summed E-state index contributed by atoms with van der Waals surface area (Å²) in [7, 11) is 0. The van der Waals surface area contributed by atoms with Gasteiger partial charge in [-0.25, -0.2) is 4.39 Å². The SMILES string of the molecule is C.CC=O.CCCN(CC)CCc1c(C)[nH]c(/C=C(\C)c2cc(F)ccc2C)c1C.NC=O. The third-order valence-electron chi connectivity index (χ3n) is 5.28. The number of aromatic nitrogens is 1. The van der Waals surface area contributed by atoms with Crippen molar-refractivity contribution >= 4 is 24.3 Å². The highest BCUT2D eigenvalue weighted by Gasteiger charge is 2.12. The maximum absolute atomic E-state index is 13.6. The summed E-state index contributed by atoms with van der Waals surface area (Å²) in [6.45, 7) is 17.7. The molecule has 0 spiro atoms. The molecule has 3 N–H and O–H groups in total. The first-order chi connectivity index (χ1) is 15.2. The van der Waals surface area contributed by atoms with E-state index >= 15 is 0 Å². The number of rotatable bonds is 8. The van der Waals surface area contributed by atoms with Gasteiger partial charge < -0.3 is 20.4 Å². The van der Waals surface area contributed by atoms with Crippen LogP contribution in [0.3, 0.4) is 0 Å². The number of nitrogens with zero attached hydrogens (tertiary/aromatic N) is 1. The van der Waals surface area contributed by atoms with E-state index in [1.807, 2.05) is 13.0 Å². The number of halogens is 1. The number of allylic oxidation sites excluding steroid dienone is 1. The number of H-pyrrole nitrogens is 1. The Morgan fingerprint density at radius 1 is 1.15 bits per heavy atom. The highest BCUT2D eigenvalue weighted by atomic mass is 19.1. The lowest BCUT2D eigenvalue weighted by atomic mass is 9.99. The topological polar surface area (TPSA) is 79.2 Å². The van der Waals surface area contributed by atoms with Gasteiger partial charge in [-0.3, -0.25) is 4.79 Å². The quantitative estimate of drug-likeness (QED) is 0.484. The highest BCUT2D eigenvalue weighted by molar-refractivity contribution is 5.81. The van der Waals surface area contributed by atoms with Crippen molar-refractivity contribution in [2.75, 3.05) is 19.6 Å². The average molecular weight is 462 g/mol. The van der Waals surface area contributed by atoms with Gasteiger partial charge >= 0.3 is 0 Å². The van der Waals surface area contributed by atoms with Crippen molar-refractivity contribution in [1.82, 2.24) is 9.88 Å². The number of likely N-dealkylation sites (N-methyl/N-ethyl adjacent to an activating group) is 1. The lowest BCUT2D eigenvalue weighted by molar-refractivity contribution is -0.107. The Labute approximate surface area is 200 Å². The minimum atomic E-state index is -0.186. The molecule has 0 unspecified atom stereocenters. The Morgan fingerprint density at radius 2 is 1.73 bits per heavy atom. The van der Waals surface area contributed by atoms with E-state index in [0.717, 1.165) is 54.7 Å². The number of amides is 1. The van der Waals surface area contributed by atoms with E-state index in [1.54, 1.807) is 6.07 Å². The Balaban J connectivity index is 0. The van der Waals surface area contributed by atoms with Gasteiger partial charge in [0.2, 0.25) is 6.41 Å². The first-order valence-corrected chi connectivity index (χ1v) is 11.1. The lowest BCUT2D eigenvalue weighted by Crippen LogP contribution is -2.26. The molecule has 0 atom stereocenters. The molecule has 0 fully saturated rings. The summed E-state index contributed by atoms with van der Waals surface area (Å²) < 4.78 is 13.6. The van der Waals surface area contributed by atoms with Crippen molar-refractivity contribution in [1.29, 1.82) is 0 Å². The molecule has 0 aliphatic heterocycles. The van der Waals surface area contributed by atoms with Crippen LogP contribution in [0.15, 0.2) is 18.2 Å². The number of aromatic amines is 1. The van der Waals surface area contributed by atoms with Crippen molar-refractivity contribution in [3.8, 4) is 0 Å². The van der Waals surface area contributed by atoms with Gasteiger partial charge in [0, 0.05) is 17.9 Å². The number of hydrogen-bond donors (Lipinski definition) is 2. The van der Waals surface area contributed by atoms with Crippen LogP contribution < -0.4 is 5.73 Å². The van der Waals surface area contributed by atoms with Crippen LogP contribution in [0.5, 0.6) is 0 Å². The van der Waals surface area contributed by atoms with Gasteiger partial charge in [0.25, 0.3) is 0 Å². The number of nitrogens with two attached hydrogens (primary N) is 1. The molecule has 2 aromatic rings. The van der Waals surface area contributed by atoms with Crippen molar-refractivity contribution in [3.63, 3.8) is 0 Å². The van der Waals surface area contributed by atoms with Crippen LogP contribution >= 0.6 is 0 Å². The first kappa shape index (κ1) is 32.4. The Hall–Kier alpha value is -2.73. The van der Waals surface area contributed by atoms with Crippen molar-refractivity contribution < 1.29 is 14.0 Å². The maximum atomic E-state index is 13.6. The zero-order valence-electron chi connectivity index (χ0n) is 20.7. The number of aldehydes is 1. The fourth-order valence-electron chi connectivity index (χ4n) is 3.66. The molecule has 1 aromatic carbocycles. The van der Waals surface area contributed by atoms with E-state index in [9.17, 15) is 4.39 Å².